The molecule has 0 spiro atoms. The predicted molar refractivity (Wildman–Crippen MR) is 88.3 cm³/mol. The number of hydrogen-bond acceptors (Lipinski definition) is 4. The van der Waals surface area contributed by atoms with E-state index in [1.54, 1.807) is 4.90 Å². The average Bonchev–Trinajstić information content (AvgIpc) is 2.97. The maximum absolute atomic E-state index is 12.6. The molecule has 1 unspecified atom stereocenters. The van der Waals surface area contributed by atoms with E-state index in [1.165, 1.54) is 31.5 Å². The second-order valence-corrected chi connectivity index (χ2v) is 6.55. The van der Waals surface area contributed by atoms with E-state index in [-0.39, 0.29) is 18.4 Å². The molecule has 3 rings (SSSR count). The smallest absolute Gasteiger partial charge is 0.253 e. The summed E-state index contributed by atoms with van der Waals surface area (Å²) in [6.45, 7) is 5.59. The second-order valence-electron chi connectivity index (χ2n) is 6.55. The van der Waals surface area contributed by atoms with Crippen LogP contribution in [0.4, 0.5) is 0 Å². The summed E-state index contributed by atoms with van der Waals surface area (Å²) in [5, 5.41) is 9.34. The monoisotopic (exact) mass is 318 g/mol. The van der Waals surface area contributed by atoms with Crippen LogP contribution in [0.3, 0.4) is 0 Å². The van der Waals surface area contributed by atoms with Crippen molar-refractivity contribution < 1.29 is 14.6 Å². The Bertz CT molecular complexity index is 512. The third-order valence-electron chi connectivity index (χ3n) is 4.69. The van der Waals surface area contributed by atoms with Crippen molar-refractivity contribution in [3.05, 3.63) is 35.4 Å². The van der Waals surface area contributed by atoms with E-state index >= 15 is 0 Å². The molecule has 126 valence electrons. The van der Waals surface area contributed by atoms with Crippen LogP contribution in [0.1, 0.15) is 28.8 Å². The molecule has 2 aliphatic heterocycles. The summed E-state index contributed by atoms with van der Waals surface area (Å²) in [6, 6.07) is 7.97. The highest BCUT2D eigenvalue weighted by molar-refractivity contribution is 5.94. The molecule has 0 bridgehead atoms. The Morgan fingerprint density at radius 2 is 1.91 bits per heavy atom. The van der Waals surface area contributed by atoms with Gasteiger partial charge < -0.3 is 14.7 Å². The lowest BCUT2D eigenvalue weighted by atomic mass is 10.1. The number of carbonyl (C=O) groups is 1. The first-order chi connectivity index (χ1) is 11.3. The minimum atomic E-state index is 0.0101. The van der Waals surface area contributed by atoms with Crippen molar-refractivity contribution in [2.75, 3.05) is 46.0 Å². The second kappa shape index (κ2) is 7.90. The molecule has 2 fully saturated rings. The van der Waals surface area contributed by atoms with Crippen molar-refractivity contribution in [2.24, 2.45) is 5.92 Å². The fraction of sp³-hybridized carbons (Fsp3) is 0.611. The fourth-order valence-electron chi connectivity index (χ4n) is 3.31. The van der Waals surface area contributed by atoms with Crippen molar-refractivity contribution in [3.8, 4) is 0 Å². The zero-order valence-corrected chi connectivity index (χ0v) is 13.6. The largest absolute Gasteiger partial charge is 0.396 e. The third kappa shape index (κ3) is 4.31. The van der Waals surface area contributed by atoms with Crippen LogP contribution in [-0.4, -0.2) is 66.8 Å². The van der Waals surface area contributed by atoms with E-state index in [4.69, 9.17) is 4.74 Å². The number of likely N-dealkylation sites (tertiary alicyclic amines) is 1. The molecule has 5 nitrogen and oxygen atoms in total. The fourth-order valence-corrected chi connectivity index (χ4v) is 3.31. The lowest BCUT2D eigenvalue weighted by molar-refractivity contribution is 0.0728. The molecular weight excluding hydrogens is 292 g/mol. The zero-order valence-electron chi connectivity index (χ0n) is 13.6. The van der Waals surface area contributed by atoms with E-state index < -0.39 is 0 Å². The molecule has 2 heterocycles. The Morgan fingerprint density at radius 3 is 2.61 bits per heavy atom. The van der Waals surface area contributed by atoms with Crippen LogP contribution in [0.5, 0.6) is 0 Å². The predicted octanol–water partition coefficient (Wildman–Crippen LogP) is 1.36. The number of benzene rings is 1. The number of amides is 1. The van der Waals surface area contributed by atoms with Crippen LogP contribution in [-0.2, 0) is 11.3 Å². The van der Waals surface area contributed by atoms with E-state index in [0.717, 1.165) is 6.54 Å². The lowest BCUT2D eigenvalue weighted by Gasteiger charge is -2.23. The molecule has 23 heavy (non-hydrogen) atoms. The van der Waals surface area contributed by atoms with Crippen LogP contribution in [0.15, 0.2) is 24.3 Å². The van der Waals surface area contributed by atoms with Gasteiger partial charge >= 0.3 is 0 Å². The Kier molecular flexibility index (Phi) is 5.65. The molecule has 0 aromatic heterocycles. The lowest BCUT2D eigenvalue weighted by Crippen LogP contribution is -2.36. The minimum absolute atomic E-state index is 0.0101. The van der Waals surface area contributed by atoms with Crippen molar-refractivity contribution in [3.63, 3.8) is 0 Å². The third-order valence-corrected chi connectivity index (χ3v) is 4.69. The van der Waals surface area contributed by atoms with Crippen LogP contribution >= 0.6 is 0 Å². The van der Waals surface area contributed by atoms with Gasteiger partial charge in [0.2, 0.25) is 0 Å². The summed E-state index contributed by atoms with van der Waals surface area (Å²) in [4.78, 5) is 16.9. The summed E-state index contributed by atoms with van der Waals surface area (Å²) in [5.41, 5.74) is 1.98. The first-order valence-corrected chi connectivity index (χ1v) is 8.55. The molecule has 2 saturated heterocycles. The number of rotatable bonds is 4. The normalized spacial score (nSPS) is 23.0. The highest BCUT2D eigenvalue weighted by atomic mass is 16.5. The molecule has 0 aliphatic carbocycles. The Morgan fingerprint density at radius 1 is 1.17 bits per heavy atom. The van der Waals surface area contributed by atoms with Crippen molar-refractivity contribution in [2.45, 2.75) is 19.4 Å². The van der Waals surface area contributed by atoms with Crippen LogP contribution in [0.2, 0.25) is 0 Å². The van der Waals surface area contributed by atoms with E-state index in [9.17, 15) is 9.90 Å². The molecule has 2 aliphatic rings. The number of aliphatic hydroxyl groups excluding tert-OH is 1. The van der Waals surface area contributed by atoms with Gasteiger partial charge in [0.25, 0.3) is 5.91 Å². The van der Waals surface area contributed by atoms with Gasteiger partial charge in [-0.1, -0.05) is 12.1 Å². The van der Waals surface area contributed by atoms with Gasteiger partial charge in [-0.05, 0) is 43.6 Å². The number of nitrogens with zero attached hydrogens (tertiary/aromatic N) is 2. The summed E-state index contributed by atoms with van der Waals surface area (Å²) in [5.74, 6) is 0.0394. The number of carbonyl (C=O) groups excluding carboxylic acids is 1. The number of ether oxygens (including phenoxy) is 1. The molecule has 1 aromatic rings. The van der Waals surface area contributed by atoms with Gasteiger partial charge in [-0.15, -0.1) is 0 Å². The molecule has 0 saturated carbocycles. The van der Waals surface area contributed by atoms with Gasteiger partial charge in [-0.25, -0.2) is 0 Å². The van der Waals surface area contributed by atoms with Crippen LogP contribution in [0, 0.1) is 5.92 Å². The summed E-state index contributed by atoms with van der Waals surface area (Å²) in [7, 11) is 0. The van der Waals surface area contributed by atoms with Gasteiger partial charge in [0.05, 0.1) is 13.2 Å². The summed E-state index contributed by atoms with van der Waals surface area (Å²) >= 11 is 0. The maximum Gasteiger partial charge on any atom is 0.253 e. The van der Waals surface area contributed by atoms with E-state index in [1.807, 2.05) is 12.1 Å². The highest BCUT2D eigenvalue weighted by Gasteiger charge is 2.23. The number of hydrogen-bond donors (Lipinski definition) is 1. The van der Waals surface area contributed by atoms with Crippen LogP contribution in [0.25, 0.3) is 0 Å². The first-order valence-electron chi connectivity index (χ1n) is 8.55. The maximum atomic E-state index is 12.6. The Hall–Kier alpha value is -1.43. The average molecular weight is 318 g/mol. The standard InChI is InChI=1S/C18H26N2O3/c21-13-16-12-20(9-10-23-14-16)18(22)17-5-3-15(4-6-17)11-19-7-1-2-8-19/h3-6,16,21H,1-2,7-14H2. The van der Waals surface area contributed by atoms with Crippen LogP contribution < -0.4 is 0 Å². The molecule has 1 atom stereocenters. The summed E-state index contributed by atoms with van der Waals surface area (Å²) < 4.78 is 5.45. The van der Waals surface area contributed by atoms with Gasteiger partial charge in [-0.2, -0.15) is 0 Å². The van der Waals surface area contributed by atoms with Crippen molar-refractivity contribution in [1.29, 1.82) is 0 Å². The Labute approximate surface area is 137 Å². The van der Waals surface area contributed by atoms with E-state index in [2.05, 4.69) is 17.0 Å². The topological polar surface area (TPSA) is 53.0 Å². The minimum Gasteiger partial charge on any atom is -0.396 e. The Balaban J connectivity index is 1.62. The molecule has 0 radical (unpaired) electrons. The SMILES string of the molecule is O=C(c1ccc(CN2CCCC2)cc1)N1CCOCC(CO)C1. The molecule has 5 heteroatoms. The van der Waals surface area contributed by atoms with Gasteiger partial charge in [0, 0.05) is 37.7 Å². The molecular formula is C18H26N2O3. The molecule has 1 aromatic carbocycles. The van der Waals surface area contributed by atoms with Crippen molar-refractivity contribution >= 4 is 5.91 Å². The van der Waals surface area contributed by atoms with E-state index in [0.29, 0.717) is 31.9 Å². The van der Waals surface area contributed by atoms with Gasteiger partial charge in [-0.3, -0.25) is 9.69 Å². The zero-order chi connectivity index (χ0) is 16.1. The quantitative estimate of drug-likeness (QED) is 0.911. The first kappa shape index (κ1) is 16.4. The molecule has 1 N–H and O–H groups in total. The molecule has 1 amide bonds. The van der Waals surface area contributed by atoms with Gasteiger partial charge in [0.15, 0.2) is 0 Å². The number of aliphatic hydroxyl groups is 1. The van der Waals surface area contributed by atoms with Gasteiger partial charge in [0.1, 0.15) is 0 Å². The highest BCUT2D eigenvalue weighted by Crippen LogP contribution is 2.15. The van der Waals surface area contributed by atoms with Crippen molar-refractivity contribution in [1.82, 2.24) is 9.80 Å². The summed E-state index contributed by atoms with van der Waals surface area (Å²) in [6.07, 6.45) is 2.58.